The average molecular weight is 317 g/mol. The van der Waals surface area contributed by atoms with Crippen molar-refractivity contribution >= 4 is 21.3 Å². The number of nitro benzene ring substituents is 1. The molecule has 0 saturated heterocycles. The Morgan fingerprint density at radius 1 is 1.14 bits per heavy atom. The van der Waals surface area contributed by atoms with Gasteiger partial charge in [0.25, 0.3) is 5.69 Å². The fourth-order valence-electron chi connectivity index (χ4n) is 2.65. The zero-order valence-electron chi connectivity index (χ0n) is 11.5. The number of carbonyl (C=O) groups excluding carboxylic acids is 1. The molecule has 0 radical (unpaired) electrons. The van der Waals surface area contributed by atoms with E-state index >= 15 is 0 Å². The quantitative estimate of drug-likeness (QED) is 0.627. The van der Waals surface area contributed by atoms with Gasteiger partial charge >= 0.3 is 0 Å². The summed E-state index contributed by atoms with van der Waals surface area (Å²) in [4.78, 5) is 22.5. The van der Waals surface area contributed by atoms with Gasteiger partial charge in [0.15, 0.2) is 20.9 Å². The van der Waals surface area contributed by atoms with E-state index in [2.05, 4.69) is 0 Å². The fourth-order valence-corrected chi connectivity index (χ4v) is 4.54. The smallest absolute Gasteiger partial charge is 0.270 e. The van der Waals surface area contributed by atoms with Crippen LogP contribution in [0.2, 0.25) is 0 Å². The summed E-state index contributed by atoms with van der Waals surface area (Å²) >= 11 is 0. The van der Waals surface area contributed by atoms with Crippen LogP contribution in [0.15, 0.2) is 47.4 Å². The minimum atomic E-state index is -3.88. The lowest BCUT2D eigenvalue weighted by Gasteiger charge is -2.09. The first kappa shape index (κ1) is 14.4. The molecule has 2 aromatic carbocycles. The molecule has 6 nitrogen and oxygen atoms in total. The molecule has 2 aromatic rings. The molecule has 1 heterocycles. The molecule has 0 bridgehead atoms. The highest BCUT2D eigenvalue weighted by Crippen LogP contribution is 2.42. The van der Waals surface area contributed by atoms with E-state index in [0.29, 0.717) is 5.56 Å². The van der Waals surface area contributed by atoms with Gasteiger partial charge in [-0.15, -0.1) is 0 Å². The Balaban J connectivity index is 2.21. The average Bonchev–Trinajstić information content (AvgIpc) is 2.65. The van der Waals surface area contributed by atoms with Crippen molar-refractivity contribution in [3.05, 3.63) is 69.3 Å². The monoisotopic (exact) mass is 317 g/mol. The van der Waals surface area contributed by atoms with Gasteiger partial charge in [0.2, 0.25) is 0 Å². The molecule has 0 fully saturated rings. The van der Waals surface area contributed by atoms with Crippen LogP contribution in [0.3, 0.4) is 0 Å². The maximum Gasteiger partial charge on any atom is 0.270 e. The maximum absolute atomic E-state index is 12.6. The number of nitro groups is 1. The summed E-state index contributed by atoms with van der Waals surface area (Å²) in [5.74, 6) is -0.621. The van der Waals surface area contributed by atoms with Crippen LogP contribution in [0.25, 0.3) is 0 Å². The van der Waals surface area contributed by atoms with Crippen molar-refractivity contribution in [2.75, 3.05) is 0 Å². The van der Waals surface area contributed by atoms with Crippen molar-refractivity contribution in [2.45, 2.75) is 17.1 Å². The Morgan fingerprint density at radius 3 is 2.50 bits per heavy atom. The van der Waals surface area contributed by atoms with Crippen molar-refractivity contribution in [2.24, 2.45) is 0 Å². The first-order valence-corrected chi connectivity index (χ1v) is 8.00. The highest BCUT2D eigenvalue weighted by atomic mass is 32.2. The Morgan fingerprint density at radius 2 is 1.86 bits per heavy atom. The molecule has 1 aliphatic rings. The third-order valence-electron chi connectivity index (χ3n) is 3.64. The zero-order valence-corrected chi connectivity index (χ0v) is 12.3. The van der Waals surface area contributed by atoms with Crippen LogP contribution in [0.4, 0.5) is 5.69 Å². The molecule has 22 heavy (non-hydrogen) atoms. The molecular formula is C15H11NO5S. The molecule has 0 spiro atoms. The van der Waals surface area contributed by atoms with Crippen LogP contribution in [-0.2, 0) is 9.84 Å². The summed E-state index contributed by atoms with van der Waals surface area (Å²) in [5.41, 5.74) is 0.805. The van der Waals surface area contributed by atoms with Gasteiger partial charge in [0, 0.05) is 17.7 Å². The van der Waals surface area contributed by atoms with E-state index in [4.69, 9.17) is 0 Å². The number of aryl methyl sites for hydroxylation is 1. The molecule has 3 rings (SSSR count). The number of hydrogen-bond acceptors (Lipinski definition) is 5. The second-order valence-electron chi connectivity index (χ2n) is 5.14. The third kappa shape index (κ3) is 2.01. The SMILES string of the molecule is Cc1cccc(C2C(=O)c3cc([N+](=O)[O-])ccc3S2(=O)=O)c1. The van der Waals surface area contributed by atoms with Gasteiger partial charge in [-0.2, -0.15) is 0 Å². The predicted molar refractivity (Wildman–Crippen MR) is 78.5 cm³/mol. The van der Waals surface area contributed by atoms with Crippen LogP contribution < -0.4 is 0 Å². The number of rotatable bonds is 2. The number of Topliss-reactive ketones (excluding diaryl/α,β-unsaturated/α-hetero) is 1. The van der Waals surface area contributed by atoms with E-state index < -0.39 is 25.8 Å². The summed E-state index contributed by atoms with van der Waals surface area (Å²) in [6.45, 7) is 1.80. The summed E-state index contributed by atoms with van der Waals surface area (Å²) in [6, 6.07) is 9.96. The normalized spacial score (nSPS) is 19.0. The number of benzene rings is 2. The van der Waals surface area contributed by atoms with E-state index in [1.54, 1.807) is 31.2 Å². The van der Waals surface area contributed by atoms with Crippen molar-refractivity contribution in [1.29, 1.82) is 0 Å². The van der Waals surface area contributed by atoms with Crippen molar-refractivity contribution in [3.8, 4) is 0 Å². The molecule has 1 unspecified atom stereocenters. The van der Waals surface area contributed by atoms with E-state index in [9.17, 15) is 23.3 Å². The Hall–Kier alpha value is -2.54. The van der Waals surface area contributed by atoms with Gasteiger partial charge in [-0.1, -0.05) is 29.8 Å². The van der Waals surface area contributed by atoms with Gasteiger partial charge < -0.3 is 0 Å². The molecular weight excluding hydrogens is 306 g/mol. The third-order valence-corrected chi connectivity index (χ3v) is 5.72. The molecule has 112 valence electrons. The molecule has 0 aromatic heterocycles. The molecule has 1 aliphatic heterocycles. The summed E-state index contributed by atoms with van der Waals surface area (Å²) in [7, 11) is -3.88. The first-order valence-electron chi connectivity index (χ1n) is 6.45. The van der Waals surface area contributed by atoms with Gasteiger partial charge in [0.05, 0.1) is 9.82 Å². The van der Waals surface area contributed by atoms with Crippen LogP contribution in [0, 0.1) is 17.0 Å². The number of non-ortho nitro benzene ring substituents is 1. The molecule has 0 amide bonds. The van der Waals surface area contributed by atoms with Crippen LogP contribution >= 0.6 is 0 Å². The van der Waals surface area contributed by atoms with Crippen LogP contribution in [0.5, 0.6) is 0 Å². The standard InChI is InChI=1S/C15H11NO5S/c1-9-3-2-4-10(7-9)15-14(17)12-8-11(16(18)19)5-6-13(12)22(15,20)21/h2-8,15H,1H3. The Kier molecular flexibility index (Phi) is 3.10. The maximum atomic E-state index is 12.6. The van der Waals surface area contributed by atoms with Crippen molar-refractivity contribution < 1.29 is 18.1 Å². The van der Waals surface area contributed by atoms with E-state index in [0.717, 1.165) is 23.8 Å². The largest absolute Gasteiger partial charge is 0.292 e. The van der Waals surface area contributed by atoms with E-state index in [-0.39, 0.29) is 16.1 Å². The minimum Gasteiger partial charge on any atom is -0.292 e. The lowest BCUT2D eigenvalue weighted by atomic mass is 10.0. The zero-order chi connectivity index (χ0) is 16.1. The second kappa shape index (κ2) is 4.74. The summed E-state index contributed by atoms with van der Waals surface area (Å²) < 4.78 is 25.2. The summed E-state index contributed by atoms with van der Waals surface area (Å²) in [5, 5.41) is 9.48. The fraction of sp³-hybridized carbons (Fsp3) is 0.133. The molecule has 0 aliphatic carbocycles. The van der Waals surface area contributed by atoms with Crippen LogP contribution in [-0.4, -0.2) is 19.1 Å². The lowest BCUT2D eigenvalue weighted by molar-refractivity contribution is -0.384. The minimum absolute atomic E-state index is 0.110. The number of sulfone groups is 1. The lowest BCUT2D eigenvalue weighted by Crippen LogP contribution is -2.13. The second-order valence-corrected chi connectivity index (χ2v) is 7.14. The van der Waals surface area contributed by atoms with Gasteiger partial charge in [-0.3, -0.25) is 14.9 Å². The highest BCUT2D eigenvalue weighted by Gasteiger charge is 2.45. The topological polar surface area (TPSA) is 94.3 Å². The Labute approximate surface area is 126 Å². The number of fused-ring (bicyclic) bond motifs is 1. The van der Waals surface area contributed by atoms with E-state index in [1.165, 1.54) is 0 Å². The van der Waals surface area contributed by atoms with Gasteiger partial charge in [-0.05, 0) is 18.6 Å². The number of carbonyl (C=O) groups is 1. The van der Waals surface area contributed by atoms with Crippen LogP contribution in [0.1, 0.15) is 26.7 Å². The first-order chi connectivity index (χ1) is 10.3. The number of hydrogen-bond donors (Lipinski definition) is 0. The van der Waals surface area contributed by atoms with E-state index in [1.807, 2.05) is 0 Å². The van der Waals surface area contributed by atoms with Crippen molar-refractivity contribution in [3.63, 3.8) is 0 Å². The number of ketones is 1. The van der Waals surface area contributed by atoms with Crippen molar-refractivity contribution in [1.82, 2.24) is 0 Å². The Bertz CT molecular complexity index is 917. The predicted octanol–water partition coefficient (Wildman–Crippen LogP) is 2.61. The molecule has 7 heteroatoms. The molecule has 1 atom stereocenters. The highest BCUT2D eigenvalue weighted by molar-refractivity contribution is 7.93. The van der Waals surface area contributed by atoms with Gasteiger partial charge in [0.1, 0.15) is 0 Å². The van der Waals surface area contributed by atoms with Gasteiger partial charge in [-0.25, -0.2) is 8.42 Å². The molecule has 0 N–H and O–H groups in total. The summed E-state index contributed by atoms with van der Waals surface area (Å²) in [6.07, 6.45) is 0. The molecule has 0 saturated carbocycles. The number of nitrogens with zero attached hydrogens (tertiary/aromatic N) is 1.